The van der Waals surface area contributed by atoms with Crippen molar-refractivity contribution in [1.29, 1.82) is 0 Å². The first-order valence-electron chi connectivity index (χ1n) is 10.6. The summed E-state index contributed by atoms with van der Waals surface area (Å²) in [6.45, 7) is 1.56. The molecule has 0 saturated heterocycles. The highest BCUT2D eigenvalue weighted by atomic mass is 16.4. The van der Waals surface area contributed by atoms with Gasteiger partial charge in [-0.05, 0) is 32.7 Å². The minimum Gasteiger partial charge on any atom is -0.480 e. The summed E-state index contributed by atoms with van der Waals surface area (Å²) < 4.78 is 0. The summed E-state index contributed by atoms with van der Waals surface area (Å²) in [5.41, 5.74) is 21.3. The number of unbranched alkanes of at least 4 members (excludes halogenated alkanes) is 1. The predicted octanol–water partition coefficient (Wildman–Crippen LogP) is -4.50. The molecule has 0 aliphatic rings. The number of aliphatic hydroxyl groups excluding tert-OH is 1. The normalized spacial score (nSPS) is 15.2. The van der Waals surface area contributed by atoms with E-state index in [1.54, 1.807) is 0 Å². The molecule has 15 heteroatoms. The van der Waals surface area contributed by atoms with Gasteiger partial charge >= 0.3 is 5.97 Å². The molecule has 13 N–H and O–H groups in total. The molecule has 0 rings (SSSR count). The number of aliphatic hydroxyl groups is 1. The van der Waals surface area contributed by atoms with Gasteiger partial charge in [0.15, 0.2) is 0 Å². The number of primary amides is 2. The van der Waals surface area contributed by atoms with E-state index in [-0.39, 0.29) is 19.3 Å². The number of carbonyl (C=O) groups is 6. The molecule has 5 unspecified atom stereocenters. The fraction of sp³-hybridized carbons (Fsp3) is 0.684. The Morgan fingerprint density at radius 2 is 1.41 bits per heavy atom. The number of hydrogen-bond donors (Lipinski definition) is 9. The Balaban J connectivity index is 5.37. The summed E-state index contributed by atoms with van der Waals surface area (Å²) >= 11 is 0. The molecule has 0 radical (unpaired) electrons. The van der Waals surface area contributed by atoms with Crippen LogP contribution in [0.15, 0.2) is 0 Å². The molecule has 0 aromatic rings. The van der Waals surface area contributed by atoms with Crippen molar-refractivity contribution in [2.75, 3.05) is 6.54 Å². The minimum absolute atomic E-state index is 0.272. The van der Waals surface area contributed by atoms with Gasteiger partial charge in [0, 0.05) is 6.42 Å². The van der Waals surface area contributed by atoms with Gasteiger partial charge in [-0.25, -0.2) is 4.79 Å². The number of amides is 5. The van der Waals surface area contributed by atoms with Crippen LogP contribution in [0.5, 0.6) is 0 Å². The topological polar surface area (TPSA) is 283 Å². The van der Waals surface area contributed by atoms with Crippen molar-refractivity contribution < 1.29 is 39.0 Å². The molecule has 15 nitrogen and oxygen atoms in total. The van der Waals surface area contributed by atoms with Crippen molar-refractivity contribution in [3.8, 4) is 0 Å². The molecule has 0 aromatic carbocycles. The average molecular weight is 490 g/mol. The number of carboxylic acid groups (broad SMARTS) is 1. The second-order valence-electron chi connectivity index (χ2n) is 7.75. The Morgan fingerprint density at radius 3 is 1.88 bits per heavy atom. The van der Waals surface area contributed by atoms with Gasteiger partial charge in [0.2, 0.25) is 29.5 Å². The van der Waals surface area contributed by atoms with E-state index < -0.39 is 72.2 Å². The molecule has 0 aliphatic carbocycles. The Labute approximate surface area is 196 Å². The van der Waals surface area contributed by atoms with Crippen molar-refractivity contribution >= 4 is 35.5 Å². The summed E-state index contributed by atoms with van der Waals surface area (Å²) in [6, 6.07) is -5.68. The lowest BCUT2D eigenvalue weighted by molar-refractivity contribution is -0.143. The van der Waals surface area contributed by atoms with Crippen LogP contribution in [0, 0.1) is 0 Å². The van der Waals surface area contributed by atoms with E-state index in [4.69, 9.17) is 22.9 Å². The molecule has 0 spiro atoms. The van der Waals surface area contributed by atoms with Gasteiger partial charge in [-0.2, -0.15) is 0 Å². The molecule has 0 heterocycles. The maximum Gasteiger partial charge on any atom is 0.326 e. The van der Waals surface area contributed by atoms with Crippen molar-refractivity contribution in [3.05, 3.63) is 0 Å². The van der Waals surface area contributed by atoms with Crippen LogP contribution in [-0.4, -0.2) is 82.5 Å². The van der Waals surface area contributed by atoms with E-state index in [0.29, 0.717) is 19.4 Å². The molecule has 194 valence electrons. The molecular weight excluding hydrogens is 454 g/mol. The SMILES string of the molecule is CC(O)C(NC(=O)C(CC(N)=O)NC(=O)C(N)CCCCN)C(=O)NC(CCC(N)=O)C(=O)O. The summed E-state index contributed by atoms with van der Waals surface area (Å²) in [6.07, 6.45) is -1.32. The standard InChI is InChI=1S/C19H35N7O8/c1-9(27)15(18(32)24-11(19(33)34)5-6-13(22)28)26-17(31)12(8-14(23)29)25-16(30)10(21)4-2-3-7-20/h9-12,15,27H,2-8,20-21H2,1H3,(H2,22,28)(H2,23,29)(H,24,32)(H,25,30)(H,26,31)(H,33,34). The summed E-state index contributed by atoms with van der Waals surface area (Å²) in [4.78, 5) is 71.2. The third-order valence-electron chi connectivity index (χ3n) is 4.70. The van der Waals surface area contributed by atoms with E-state index in [2.05, 4.69) is 16.0 Å². The lowest BCUT2D eigenvalue weighted by Crippen LogP contribution is -2.60. The van der Waals surface area contributed by atoms with E-state index in [1.807, 2.05) is 0 Å². The van der Waals surface area contributed by atoms with E-state index in [0.717, 1.165) is 6.92 Å². The highest BCUT2D eigenvalue weighted by Gasteiger charge is 2.33. The Bertz CT molecular complexity index is 746. The van der Waals surface area contributed by atoms with Gasteiger partial charge in [-0.1, -0.05) is 6.42 Å². The number of nitrogens with two attached hydrogens (primary N) is 4. The lowest BCUT2D eigenvalue weighted by atomic mass is 10.1. The van der Waals surface area contributed by atoms with Gasteiger partial charge in [0.1, 0.15) is 18.1 Å². The van der Waals surface area contributed by atoms with E-state index in [1.165, 1.54) is 0 Å². The van der Waals surface area contributed by atoms with Gasteiger partial charge in [0.25, 0.3) is 0 Å². The summed E-state index contributed by atoms with van der Waals surface area (Å²) in [7, 11) is 0. The maximum atomic E-state index is 12.7. The zero-order chi connectivity index (χ0) is 26.4. The van der Waals surface area contributed by atoms with Crippen molar-refractivity contribution in [3.63, 3.8) is 0 Å². The maximum absolute atomic E-state index is 12.7. The average Bonchev–Trinajstić information content (AvgIpc) is 2.73. The zero-order valence-corrected chi connectivity index (χ0v) is 19.0. The third-order valence-corrected chi connectivity index (χ3v) is 4.70. The van der Waals surface area contributed by atoms with E-state index in [9.17, 15) is 39.0 Å². The van der Waals surface area contributed by atoms with Crippen molar-refractivity contribution in [1.82, 2.24) is 16.0 Å². The molecule has 34 heavy (non-hydrogen) atoms. The smallest absolute Gasteiger partial charge is 0.326 e. The molecule has 5 amide bonds. The van der Waals surface area contributed by atoms with Crippen LogP contribution < -0.4 is 38.9 Å². The third kappa shape index (κ3) is 12.1. The van der Waals surface area contributed by atoms with E-state index >= 15 is 0 Å². The second-order valence-corrected chi connectivity index (χ2v) is 7.75. The Hall–Kier alpha value is -3.30. The fourth-order valence-electron chi connectivity index (χ4n) is 2.79. The molecular formula is C19H35N7O8. The number of aliphatic carboxylic acids is 1. The number of hydrogen-bond acceptors (Lipinski definition) is 9. The van der Waals surface area contributed by atoms with Crippen LogP contribution in [0.4, 0.5) is 0 Å². The van der Waals surface area contributed by atoms with Crippen LogP contribution in [0.25, 0.3) is 0 Å². The highest BCUT2D eigenvalue weighted by molar-refractivity contribution is 5.96. The molecule has 0 bridgehead atoms. The monoisotopic (exact) mass is 489 g/mol. The number of carboxylic acids is 1. The zero-order valence-electron chi connectivity index (χ0n) is 19.0. The van der Waals surface area contributed by atoms with Gasteiger partial charge in [-0.3, -0.25) is 24.0 Å². The predicted molar refractivity (Wildman–Crippen MR) is 118 cm³/mol. The first kappa shape index (κ1) is 30.7. The summed E-state index contributed by atoms with van der Waals surface area (Å²) in [5, 5.41) is 25.7. The number of carbonyl (C=O) groups excluding carboxylic acids is 5. The van der Waals surface area contributed by atoms with Gasteiger partial charge in [-0.15, -0.1) is 0 Å². The fourth-order valence-corrected chi connectivity index (χ4v) is 2.79. The Kier molecular flexibility index (Phi) is 14.0. The van der Waals surface area contributed by atoms with Crippen LogP contribution in [0.1, 0.15) is 45.4 Å². The number of rotatable bonds is 17. The van der Waals surface area contributed by atoms with Crippen molar-refractivity contribution in [2.24, 2.45) is 22.9 Å². The van der Waals surface area contributed by atoms with Crippen LogP contribution >= 0.6 is 0 Å². The van der Waals surface area contributed by atoms with Crippen LogP contribution in [0.2, 0.25) is 0 Å². The largest absolute Gasteiger partial charge is 0.480 e. The van der Waals surface area contributed by atoms with Crippen molar-refractivity contribution in [2.45, 2.75) is 75.7 Å². The quantitative estimate of drug-likeness (QED) is 0.0882. The molecule has 0 aromatic heterocycles. The highest BCUT2D eigenvalue weighted by Crippen LogP contribution is 2.04. The Morgan fingerprint density at radius 1 is 0.824 bits per heavy atom. The van der Waals surface area contributed by atoms with Gasteiger partial charge < -0.3 is 49.1 Å². The molecule has 0 aliphatic heterocycles. The lowest BCUT2D eigenvalue weighted by Gasteiger charge is -2.26. The second kappa shape index (κ2) is 15.5. The summed E-state index contributed by atoms with van der Waals surface area (Å²) in [5.74, 6) is -6.05. The van der Waals surface area contributed by atoms with Crippen LogP contribution in [-0.2, 0) is 28.8 Å². The first-order valence-corrected chi connectivity index (χ1v) is 10.6. The minimum atomic E-state index is -1.66. The van der Waals surface area contributed by atoms with Gasteiger partial charge in [0.05, 0.1) is 18.6 Å². The van der Waals surface area contributed by atoms with Crippen LogP contribution in [0.3, 0.4) is 0 Å². The first-order chi connectivity index (χ1) is 15.8. The molecule has 0 fully saturated rings. The number of nitrogens with one attached hydrogen (secondary N) is 3. The molecule has 0 saturated carbocycles. The molecule has 5 atom stereocenters.